The monoisotopic (exact) mass is 237 g/mol. The topological polar surface area (TPSA) is 40.5 Å². The Labute approximate surface area is 99.9 Å². The Morgan fingerprint density at radius 3 is 2.71 bits per heavy atom. The van der Waals surface area contributed by atoms with E-state index in [1.54, 1.807) is 19.1 Å². The summed E-state index contributed by atoms with van der Waals surface area (Å²) in [6.45, 7) is 3.09. The van der Waals surface area contributed by atoms with Crippen molar-refractivity contribution in [3.8, 4) is 0 Å². The van der Waals surface area contributed by atoms with Crippen LogP contribution in [0, 0.1) is 5.82 Å². The molecule has 3 nitrogen and oxygen atoms in total. The third-order valence-electron chi connectivity index (χ3n) is 3.54. The van der Waals surface area contributed by atoms with Gasteiger partial charge in [0.25, 0.3) is 0 Å². The summed E-state index contributed by atoms with van der Waals surface area (Å²) in [7, 11) is 0. The molecule has 92 valence electrons. The van der Waals surface area contributed by atoms with Crippen LogP contribution in [-0.2, 0) is 11.3 Å². The first-order valence-electron chi connectivity index (χ1n) is 5.75. The molecule has 2 rings (SSSR count). The number of benzene rings is 1. The average molecular weight is 237 g/mol. The third-order valence-corrected chi connectivity index (χ3v) is 3.54. The lowest BCUT2D eigenvalue weighted by Gasteiger charge is -2.31. The molecule has 1 aromatic carbocycles. The highest BCUT2D eigenvalue weighted by Gasteiger charge is 2.42. The summed E-state index contributed by atoms with van der Waals surface area (Å²) in [5, 5.41) is 9.26. The van der Waals surface area contributed by atoms with Crippen LogP contribution < -0.4 is 0 Å². The molecular formula is C13H16FNO2. The molecule has 0 saturated carbocycles. The summed E-state index contributed by atoms with van der Waals surface area (Å²) in [6, 6.07) is 6.22. The van der Waals surface area contributed by atoms with Gasteiger partial charge in [-0.1, -0.05) is 12.1 Å². The highest BCUT2D eigenvalue weighted by molar-refractivity contribution is 5.78. The van der Waals surface area contributed by atoms with Gasteiger partial charge in [-0.25, -0.2) is 4.39 Å². The van der Waals surface area contributed by atoms with Gasteiger partial charge in [-0.2, -0.15) is 0 Å². The second-order valence-electron chi connectivity index (χ2n) is 4.73. The number of carbonyl (C=O) groups is 1. The van der Waals surface area contributed by atoms with E-state index >= 15 is 0 Å². The molecule has 1 unspecified atom stereocenters. The summed E-state index contributed by atoms with van der Waals surface area (Å²) in [5.74, 6) is -1.05. The lowest BCUT2D eigenvalue weighted by atomic mass is 9.99. The van der Waals surface area contributed by atoms with Crippen LogP contribution in [0.2, 0.25) is 0 Å². The predicted molar refractivity (Wildman–Crippen MR) is 62.1 cm³/mol. The smallest absolute Gasteiger partial charge is 0.323 e. The van der Waals surface area contributed by atoms with E-state index in [9.17, 15) is 14.3 Å². The van der Waals surface area contributed by atoms with Crippen molar-refractivity contribution in [1.82, 2.24) is 4.90 Å². The van der Waals surface area contributed by atoms with E-state index in [1.807, 2.05) is 4.90 Å². The van der Waals surface area contributed by atoms with Crippen molar-refractivity contribution in [2.24, 2.45) is 0 Å². The summed E-state index contributed by atoms with van der Waals surface area (Å²) in [5.41, 5.74) is 0.162. The first kappa shape index (κ1) is 12.0. The highest BCUT2D eigenvalue weighted by atomic mass is 19.1. The lowest BCUT2D eigenvalue weighted by Crippen LogP contribution is -2.47. The molecule has 1 heterocycles. The second kappa shape index (κ2) is 4.45. The Hall–Kier alpha value is -1.42. The maximum atomic E-state index is 12.8. The van der Waals surface area contributed by atoms with E-state index in [0.29, 0.717) is 13.0 Å². The SMILES string of the molecule is CC1(C(=O)O)CCCN1Cc1ccc(F)cc1. The average Bonchev–Trinajstić information content (AvgIpc) is 2.65. The Balaban J connectivity index is 2.13. The molecule has 0 spiro atoms. The number of aliphatic carboxylic acids is 1. The predicted octanol–water partition coefficient (Wildman–Crippen LogP) is 2.26. The van der Waals surface area contributed by atoms with Crippen molar-refractivity contribution in [2.75, 3.05) is 6.54 Å². The quantitative estimate of drug-likeness (QED) is 0.876. The fourth-order valence-corrected chi connectivity index (χ4v) is 2.32. The summed E-state index contributed by atoms with van der Waals surface area (Å²) < 4.78 is 12.8. The van der Waals surface area contributed by atoms with E-state index in [4.69, 9.17) is 0 Å². The molecule has 1 saturated heterocycles. The number of halogens is 1. The largest absolute Gasteiger partial charge is 0.480 e. The molecule has 1 aliphatic rings. The number of hydrogen-bond acceptors (Lipinski definition) is 2. The van der Waals surface area contributed by atoms with Crippen molar-refractivity contribution in [3.63, 3.8) is 0 Å². The normalized spacial score (nSPS) is 25.1. The van der Waals surface area contributed by atoms with Gasteiger partial charge in [0.2, 0.25) is 0 Å². The van der Waals surface area contributed by atoms with Crippen LogP contribution >= 0.6 is 0 Å². The fraction of sp³-hybridized carbons (Fsp3) is 0.462. The first-order valence-corrected chi connectivity index (χ1v) is 5.75. The Kier molecular flexibility index (Phi) is 3.15. The number of likely N-dealkylation sites (tertiary alicyclic amines) is 1. The third kappa shape index (κ3) is 2.31. The van der Waals surface area contributed by atoms with Gasteiger partial charge in [-0.05, 0) is 44.0 Å². The molecule has 0 aliphatic carbocycles. The lowest BCUT2D eigenvalue weighted by molar-refractivity contribution is -0.148. The van der Waals surface area contributed by atoms with Gasteiger partial charge in [-0.15, -0.1) is 0 Å². The standard InChI is InChI=1S/C13H16FNO2/c1-13(12(16)17)7-2-8-15(13)9-10-3-5-11(14)6-4-10/h3-6H,2,7-9H2,1H3,(H,16,17). The zero-order chi connectivity index (χ0) is 12.5. The van der Waals surface area contributed by atoms with E-state index in [2.05, 4.69) is 0 Å². The zero-order valence-electron chi connectivity index (χ0n) is 9.82. The van der Waals surface area contributed by atoms with Crippen LogP contribution in [0.5, 0.6) is 0 Å². The molecule has 1 atom stereocenters. The van der Waals surface area contributed by atoms with Crippen molar-refractivity contribution in [3.05, 3.63) is 35.6 Å². The van der Waals surface area contributed by atoms with E-state index < -0.39 is 11.5 Å². The molecule has 1 fully saturated rings. The first-order chi connectivity index (χ1) is 8.02. The highest BCUT2D eigenvalue weighted by Crippen LogP contribution is 2.30. The van der Waals surface area contributed by atoms with Crippen molar-refractivity contribution in [1.29, 1.82) is 0 Å². The van der Waals surface area contributed by atoms with Gasteiger partial charge in [0.05, 0.1) is 0 Å². The molecule has 17 heavy (non-hydrogen) atoms. The Bertz CT molecular complexity index is 418. The minimum atomic E-state index is -0.783. The fourth-order valence-electron chi connectivity index (χ4n) is 2.32. The number of rotatable bonds is 3. The molecule has 1 aliphatic heterocycles. The van der Waals surface area contributed by atoms with Crippen LogP contribution in [0.15, 0.2) is 24.3 Å². The molecule has 1 aromatic rings. The molecule has 1 N–H and O–H groups in total. The van der Waals surface area contributed by atoms with E-state index in [0.717, 1.165) is 18.5 Å². The molecule has 0 bridgehead atoms. The van der Waals surface area contributed by atoms with Crippen molar-refractivity contribution < 1.29 is 14.3 Å². The van der Waals surface area contributed by atoms with Gasteiger partial charge < -0.3 is 5.11 Å². The number of hydrogen-bond donors (Lipinski definition) is 1. The van der Waals surface area contributed by atoms with E-state index in [-0.39, 0.29) is 5.82 Å². The van der Waals surface area contributed by atoms with Crippen LogP contribution in [0.25, 0.3) is 0 Å². The van der Waals surface area contributed by atoms with Gasteiger partial charge in [0, 0.05) is 6.54 Å². The Morgan fingerprint density at radius 1 is 1.47 bits per heavy atom. The second-order valence-corrected chi connectivity index (χ2v) is 4.73. The number of nitrogens with zero attached hydrogens (tertiary/aromatic N) is 1. The minimum Gasteiger partial charge on any atom is -0.480 e. The molecule has 0 amide bonds. The summed E-state index contributed by atoms with van der Waals surface area (Å²) in [6.07, 6.45) is 1.56. The molecule has 0 radical (unpaired) electrons. The Morgan fingerprint density at radius 2 is 2.12 bits per heavy atom. The molecule has 0 aromatic heterocycles. The van der Waals surface area contributed by atoms with Crippen LogP contribution in [0.4, 0.5) is 4.39 Å². The van der Waals surface area contributed by atoms with Gasteiger partial charge in [0.15, 0.2) is 0 Å². The molecular weight excluding hydrogens is 221 g/mol. The maximum Gasteiger partial charge on any atom is 0.323 e. The van der Waals surface area contributed by atoms with Crippen molar-refractivity contribution in [2.45, 2.75) is 31.8 Å². The molecule has 4 heteroatoms. The van der Waals surface area contributed by atoms with Crippen LogP contribution in [-0.4, -0.2) is 28.1 Å². The zero-order valence-corrected chi connectivity index (χ0v) is 9.82. The summed E-state index contributed by atoms with van der Waals surface area (Å²) in [4.78, 5) is 13.2. The van der Waals surface area contributed by atoms with E-state index in [1.165, 1.54) is 12.1 Å². The summed E-state index contributed by atoms with van der Waals surface area (Å²) >= 11 is 0. The number of carboxylic acid groups (broad SMARTS) is 1. The van der Waals surface area contributed by atoms with Crippen LogP contribution in [0.1, 0.15) is 25.3 Å². The van der Waals surface area contributed by atoms with Gasteiger partial charge >= 0.3 is 5.97 Å². The maximum absolute atomic E-state index is 12.8. The van der Waals surface area contributed by atoms with Gasteiger partial charge in [-0.3, -0.25) is 9.69 Å². The van der Waals surface area contributed by atoms with Crippen molar-refractivity contribution >= 4 is 5.97 Å². The minimum absolute atomic E-state index is 0.267. The number of carboxylic acids is 1. The van der Waals surface area contributed by atoms with Crippen LogP contribution in [0.3, 0.4) is 0 Å². The van der Waals surface area contributed by atoms with Gasteiger partial charge in [0.1, 0.15) is 11.4 Å².